The van der Waals surface area contributed by atoms with Gasteiger partial charge in [0.15, 0.2) is 0 Å². The summed E-state index contributed by atoms with van der Waals surface area (Å²) >= 11 is 2.05. The summed E-state index contributed by atoms with van der Waals surface area (Å²) in [7, 11) is 1.74. The van der Waals surface area contributed by atoms with Crippen LogP contribution in [0.1, 0.15) is 6.92 Å². The van der Waals surface area contributed by atoms with Gasteiger partial charge in [-0.05, 0) is 0 Å². The second-order valence-corrected chi connectivity index (χ2v) is 5.08. The quantitative estimate of drug-likeness (QED) is 0.719. The molecule has 2 N–H and O–H groups in total. The fourth-order valence-electron chi connectivity index (χ4n) is 1.59. The third-order valence-corrected chi connectivity index (χ3v) is 3.52. The van der Waals surface area contributed by atoms with Crippen molar-refractivity contribution in [3.63, 3.8) is 0 Å². The van der Waals surface area contributed by atoms with Crippen LogP contribution < -0.4 is 5.73 Å². The smallest absolute Gasteiger partial charge is 0.0820 e. The summed E-state index contributed by atoms with van der Waals surface area (Å²) in [6.07, 6.45) is 0.204. The molecule has 1 rings (SSSR count). The summed E-state index contributed by atoms with van der Waals surface area (Å²) in [6.45, 7) is 6.23. The number of thioether (sulfide) groups is 1. The molecule has 78 valence electrons. The molecule has 0 aromatic carbocycles. The number of methoxy groups -OCH3 is 1. The van der Waals surface area contributed by atoms with E-state index >= 15 is 0 Å². The fourth-order valence-corrected chi connectivity index (χ4v) is 2.67. The zero-order valence-corrected chi connectivity index (χ0v) is 9.35. The van der Waals surface area contributed by atoms with Crippen molar-refractivity contribution in [2.75, 3.05) is 39.0 Å². The van der Waals surface area contributed by atoms with Gasteiger partial charge in [0.2, 0.25) is 0 Å². The minimum Gasteiger partial charge on any atom is -0.379 e. The Balaban J connectivity index is 2.26. The molecule has 1 heterocycles. The Morgan fingerprint density at radius 1 is 1.69 bits per heavy atom. The largest absolute Gasteiger partial charge is 0.379 e. The Morgan fingerprint density at radius 2 is 2.46 bits per heavy atom. The van der Waals surface area contributed by atoms with Crippen LogP contribution in [-0.4, -0.2) is 55.3 Å². The molecular formula is C9H20N2OS. The topological polar surface area (TPSA) is 38.5 Å². The van der Waals surface area contributed by atoms with E-state index in [1.807, 2.05) is 0 Å². The van der Waals surface area contributed by atoms with Crippen molar-refractivity contribution in [3.05, 3.63) is 0 Å². The molecule has 0 amide bonds. The van der Waals surface area contributed by atoms with E-state index in [1.54, 1.807) is 7.11 Å². The normalized spacial score (nSPS) is 27.5. The van der Waals surface area contributed by atoms with Gasteiger partial charge in [0.1, 0.15) is 0 Å². The molecule has 2 unspecified atom stereocenters. The van der Waals surface area contributed by atoms with Crippen LogP contribution in [0.4, 0.5) is 0 Å². The standard InChI is InChI=1S/C9H20N2OS/c1-8-6-11(3-4-13-8)7-9(5-10)12-2/h8-9H,3-7,10H2,1-2H3. The first-order valence-corrected chi connectivity index (χ1v) is 5.88. The lowest BCUT2D eigenvalue weighted by atomic mass is 10.3. The van der Waals surface area contributed by atoms with Crippen LogP contribution in [0, 0.1) is 0 Å². The molecule has 0 aliphatic carbocycles. The van der Waals surface area contributed by atoms with E-state index in [9.17, 15) is 0 Å². The van der Waals surface area contributed by atoms with Crippen LogP contribution in [0.3, 0.4) is 0 Å². The van der Waals surface area contributed by atoms with Crippen LogP contribution in [-0.2, 0) is 4.74 Å². The summed E-state index contributed by atoms with van der Waals surface area (Å²) in [5.41, 5.74) is 5.58. The zero-order valence-electron chi connectivity index (χ0n) is 8.53. The van der Waals surface area contributed by atoms with Crippen LogP contribution in [0.25, 0.3) is 0 Å². The maximum absolute atomic E-state index is 5.58. The number of nitrogens with two attached hydrogens (primary N) is 1. The van der Waals surface area contributed by atoms with Crippen molar-refractivity contribution in [1.29, 1.82) is 0 Å². The van der Waals surface area contributed by atoms with Gasteiger partial charge in [-0.25, -0.2) is 0 Å². The second kappa shape index (κ2) is 5.86. The molecule has 0 bridgehead atoms. The molecule has 4 heteroatoms. The lowest BCUT2D eigenvalue weighted by Gasteiger charge is -2.32. The zero-order chi connectivity index (χ0) is 9.68. The molecule has 1 aliphatic rings. The number of hydrogen-bond acceptors (Lipinski definition) is 4. The minimum atomic E-state index is 0.204. The first-order chi connectivity index (χ1) is 6.26. The Morgan fingerprint density at radius 3 is 3.00 bits per heavy atom. The Bertz CT molecular complexity index is 142. The van der Waals surface area contributed by atoms with E-state index < -0.39 is 0 Å². The third kappa shape index (κ3) is 3.85. The highest BCUT2D eigenvalue weighted by atomic mass is 32.2. The van der Waals surface area contributed by atoms with E-state index in [4.69, 9.17) is 10.5 Å². The van der Waals surface area contributed by atoms with E-state index in [0.29, 0.717) is 6.54 Å². The maximum atomic E-state index is 5.58. The van der Waals surface area contributed by atoms with Gasteiger partial charge in [-0.3, -0.25) is 4.90 Å². The highest BCUT2D eigenvalue weighted by Gasteiger charge is 2.19. The minimum absolute atomic E-state index is 0.204. The molecular weight excluding hydrogens is 184 g/mol. The summed E-state index contributed by atoms with van der Waals surface area (Å²) in [5, 5.41) is 0.754. The molecule has 2 atom stereocenters. The predicted octanol–water partition coefficient (Wildman–Crippen LogP) is 0.397. The number of nitrogens with zero attached hydrogens (tertiary/aromatic N) is 1. The molecule has 0 saturated carbocycles. The average molecular weight is 204 g/mol. The van der Waals surface area contributed by atoms with Crippen molar-refractivity contribution in [2.24, 2.45) is 5.73 Å². The van der Waals surface area contributed by atoms with Crippen molar-refractivity contribution in [1.82, 2.24) is 4.90 Å². The Hall–Kier alpha value is 0.230. The SMILES string of the molecule is COC(CN)CN1CCSC(C)C1. The number of hydrogen-bond donors (Lipinski definition) is 1. The van der Waals surface area contributed by atoms with Crippen LogP contribution >= 0.6 is 11.8 Å². The van der Waals surface area contributed by atoms with E-state index in [-0.39, 0.29) is 6.10 Å². The molecule has 0 aromatic rings. The Labute approximate surface area is 85.0 Å². The fraction of sp³-hybridized carbons (Fsp3) is 1.00. The van der Waals surface area contributed by atoms with Gasteiger partial charge in [0, 0.05) is 44.3 Å². The Kier molecular flexibility index (Phi) is 5.09. The highest BCUT2D eigenvalue weighted by molar-refractivity contribution is 7.99. The van der Waals surface area contributed by atoms with E-state index in [0.717, 1.165) is 11.8 Å². The summed E-state index contributed by atoms with van der Waals surface area (Å²) in [6, 6.07) is 0. The highest BCUT2D eigenvalue weighted by Crippen LogP contribution is 2.17. The molecule has 0 radical (unpaired) electrons. The van der Waals surface area contributed by atoms with E-state index in [2.05, 4.69) is 23.6 Å². The van der Waals surface area contributed by atoms with Crippen LogP contribution in [0.2, 0.25) is 0 Å². The monoisotopic (exact) mass is 204 g/mol. The third-order valence-electron chi connectivity index (χ3n) is 2.38. The second-order valence-electron chi connectivity index (χ2n) is 3.53. The van der Waals surface area contributed by atoms with Crippen LogP contribution in [0.5, 0.6) is 0 Å². The maximum Gasteiger partial charge on any atom is 0.0820 e. The van der Waals surface area contributed by atoms with E-state index in [1.165, 1.54) is 18.8 Å². The van der Waals surface area contributed by atoms with Gasteiger partial charge >= 0.3 is 0 Å². The predicted molar refractivity (Wildman–Crippen MR) is 58.2 cm³/mol. The number of ether oxygens (including phenoxy) is 1. The molecule has 13 heavy (non-hydrogen) atoms. The van der Waals surface area contributed by atoms with Gasteiger partial charge in [0.05, 0.1) is 6.10 Å². The average Bonchev–Trinajstić information content (AvgIpc) is 2.14. The molecule has 3 nitrogen and oxygen atoms in total. The van der Waals surface area contributed by atoms with Gasteiger partial charge in [-0.15, -0.1) is 0 Å². The van der Waals surface area contributed by atoms with Crippen LogP contribution in [0.15, 0.2) is 0 Å². The van der Waals surface area contributed by atoms with Gasteiger partial charge in [-0.2, -0.15) is 11.8 Å². The van der Waals surface area contributed by atoms with Gasteiger partial charge in [0.25, 0.3) is 0 Å². The van der Waals surface area contributed by atoms with Gasteiger partial charge in [-0.1, -0.05) is 6.92 Å². The summed E-state index contributed by atoms with van der Waals surface area (Å²) in [5.74, 6) is 1.24. The summed E-state index contributed by atoms with van der Waals surface area (Å²) < 4.78 is 5.26. The van der Waals surface area contributed by atoms with Crippen molar-refractivity contribution < 1.29 is 4.74 Å². The van der Waals surface area contributed by atoms with Crippen molar-refractivity contribution in [3.8, 4) is 0 Å². The lowest BCUT2D eigenvalue weighted by molar-refractivity contribution is 0.0714. The molecule has 1 fully saturated rings. The number of rotatable bonds is 4. The first-order valence-electron chi connectivity index (χ1n) is 4.83. The van der Waals surface area contributed by atoms with Crippen molar-refractivity contribution in [2.45, 2.75) is 18.3 Å². The van der Waals surface area contributed by atoms with Gasteiger partial charge < -0.3 is 10.5 Å². The first kappa shape index (κ1) is 11.3. The molecule has 0 aromatic heterocycles. The molecule has 1 aliphatic heterocycles. The lowest BCUT2D eigenvalue weighted by Crippen LogP contribution is -2.43. The van der Waals surface area contributed by atoms with Crippen molar-refractivity contribution >= 4 is 11.8 Å². The molecule has 0 spiro atoms. The summed E-state index contributed by atoms with van der Waals surface area (Å²) in [4.78, 5) is 2.45. The molecule has 1 saturated heterocycles.